The molecule has 0 saturated carbocycles. The Balaban J connectivity index is 1.91. The lowest BCUT2D eigenvalue weighted by Gasteiger charge is -2.27. The Hall–Kier alpha value is -0.850. The molecule has 1 unspecified atom stereocenters. The van der Waals surface area contributed by atoms with E-state index in [-0.39, 0.29) is 4.87 Å². The van der Waals surface area contributed by atoms with Crippen molar-refractivity contribution in [2.45, 2.75) is 11.4 Å². The molecule has 0 aromatic carbocycles. The number of hydrogen-bond acceptors (Lipinski definition) is 5. The van der Waals surface area contributed by atoms with Gasteiger partial charge in [-0.2, -0.15) is 5.10 Å². The molecule has 4 nitrogen and oxygen atoms in total. The summed E-state index contributed by atoms with van der Waals surface area (Å²) in [5.41, 5.74) is 0. The zero-order valence-electron chi connectivity index (χ0n) is 8.67. The van der Waals surface area contributed by atoms with Gasteiger partial charge in [0.15, 0.2) is 0 Å². The van der Waals surface area contributed by atoms with E-state index in [0.29, 0.717) is 0 Å². The molecular formula is C10H12N4S2. The van der Waals surface area contributed by atoms with Gasteiger partial charge in [0.05, 0.1) is 6.54 Å². The minimum atomic E-state index is -0.0120. The van der Waals surface area contributed by atoms with Gasteiger partial charge in [0.25, 0.3) is 0 Å². The third kappa shape index (κ3) is 1.77. The van der Waals surface area contributed by atoms with Crippen LogP contribution < -0.4 is 5.32 Å². The van der Waals surface area contributed by atoms with Crippen molar-refractivity contribution in [3.8, 4) is 0 Å². The highest BCUT2D eigenvalue weighted by molar-refractivity contribution is 8.00. The van der Waals surface area contributed by atoms with E-state index in [9.17, 15) is 0 Å². The summed E-state index contributed by atoms with van der Waals surface area (Å²) in [5.74, 6) is 1.15. The SMILES string of the molecule is c1csc(C2(Cn3cncn3)NCCS2)c1. The fourth-order valence-corrected chi connectivity index (χ4v) is 4.22. The summed E-state index contributed by atoms with van der Waals surface area (Å²) in [6.07, 6.45) is 3.36. The van der Waals surface area contributed by atoms with Crippen LogP contribution in [0.5, 0.6) is 0 Å². The van der Waals surface area contributed by atoms with Gasteiger partial charge < -0.3 is 0 Å². The van der Waals surface area contributed by atoms with Gasteiger partial charge in [-0.15, -0.1) is 23.1 Å². The van der Waals surface area contributed by atoms with E-state index < -0.39 is 0 Å². The number of nitrogens with zero attached hydrogens (tertiary/aromatic N) is 3. The van der Waals surface area contributed by atoms with E-state index in [1.54, 1.807) is 24.0 Å². The Morgan fingerprint density at radius 2 is 2.56 bits per heavy atom. The van der Waals surface area contributed by atoms with Crippen LogP contribution in [-0.2, 0) is 11.4 Å². The molecule has 1 aliphatic heterocycles. The largest absolute Gasteiger partial charge is 0.296 e. The molecule has 84 valence electrons. The van der Waals surface area contributed by atoms with Gasteiger partial charge in [-0.3, -0.25) is 5.32 Å². The monoisotopic (exact) mass is 252 g/mol. The van der Waals surface area contributed by atoms with Gasteiger partial charge >= 0.3 is 0 Å². The molecule has 3 rings (SSSR count). The van der Waals surface area contributed by atoms with Gasteiger partial charge in [0, 0.05) is 17.2 Å². The summed E-state index contributed by atoms with van der Waals surface area (Å²) in [5, 5.41) is 9.91. The van der Waals surface area contributed by atoms with E-state index in [4.69, 9.17) is 0 Å². The molecule has 16 heavy (non-hydrogen) atoms. The molecule has 0 aliphatic carbocycles. The first-order valence-electron chi connectivity index (χ1n) is 5.14. The van der Waals surface area contributed by atoms with Gasteiger partial charge in [-0.25, -0.2) is 9.67 Å². The standard InChI is InChI=1S/C10H12N4S2/c1-2-9(15-4-1)10(12-3-5-16-10)6-14-8-11-7-13-14/h1-2,4,7-8,12H,3,5-6H2. The van der Waals surface area contributed by atoms with Crippen molar-refractivity contribution in [3.05, 3.63) is 35.0 Å². The molecule has 2 aromatic heterocycles. The summed E-state index contributed by atoms with van der Waals surface area (Å²) in [6, 6.07) is 4.29. The van der Waals surface area contributed by atoms with Crippen LogP contribution in [0, 0.1) is 0 Å². The minimum absolute atomic E-state index is 0.0120. The Kier molecular flexibility index (Phi) is 2.70. The van der Waals surface area contributed by atoms with Crippen LogP contribution in [0.3, 0.4) is 0 Å². The average molecular weight is 252 g/mol. The number of thioether (sulfide) groups is 1. The van der Waals surface area contributed by atoms with Crippen molar-refractivity contribution < 1.29 is 0 Å². The second kappa shape index (κ2) is 4.20. The first-order valence-corrected chi connectivity index (χ1v) is 7.01. The average Bonchev–Trinajstić information content (AvgIpc) is 3.00. The lowest BCUT2D eigenvalue weighted by molar-refractivity contribution is 0.427. The third-order valence-corrected chi connectivity index (χ3v) is 5.19. The lowest BCUT2D eigenvalue weighted by atomic mass is 10.2. The van der Waals surface area contributed by atoms with Crippen LogP contribution >= 0.6 is 23.1 Å². The zero-order valence-corrected chi connectivity index (χ0v) is 10.3. The maximum atomic E-state index is 4.19. The quantitative estimate of drug-likeness (QED) is 0.899. The molecule has 3 heterocycles. The summed E-state index contributed by atoms with van der Waals surface area (Å²) in [6.45, 7) is 1.88. The summed E-state index contributed by atoms with van der Waals surface area (Å²) >= 11 is 3.75. The molecule has 6 heteroatoms. The lowest BCUT2D eigenvalue weighted by Crippen LogP contribution is -2.38. The molecule has 0 radical (unpaired) electrons. The van der Waals surface area contributed by atoms with Gasteiger partial charge in [0.2, 0.25) is 0 Å². The number of rotatable bonds is 3. The van der Waals surface area contributed by atoms with Crippen LogP contribution in [-0.4, -0.2) is 27.1 Å². The summed E-state index contributed by atoms with van der Waals surface area (Å²) in [4.78, 5) is 5.35. The number of hydrogen-bond donors (Lipinski definition) is 1. The van der Waals surface area contributed by atoms with Crippen molar-refractivity contribution in [2.75, 3.05) is 12.3 Å². The predicted octanol–water partition coefficient (Wildman–Crippen LogP) is 1.53. The van der Waals surface area contributed by atoms with E-state index in [1.165, 1.54) is 4.88 Å². The van der Waals surface area contributed by atoms with Crippen LogP contribution in [0.15, 0.2) is 30.2 Å². The smallest absolute Gasteiger partial charge is 0.137 e. The molecule has 1 saturated heterocycles. The summed E-state index contributed by atoms with van der Waals surface area (Å²) < 4.78 is 1.89. The maximum absolute atomic E-state index is 4.19. The normalized spacial score (nSPS) is 25.0. The van der Waals surface area contributed by atoms with E-state index in [2.05, 4.69) is 32.9 Å². The highest BCUT2D eigenvalue weighted by Crippen LogP contribution is 2.40. The van der Waals surface area contributed by atoms with Crippen LogP contribution in [0.4, 0.5) is 0 Å². The maximum Gasteiger partial charge on any atom is 0.137 e. The van der Waals surface area contributed by atoms with E-state index in [0.717, 1.165) is 18.8 Å². The number of nitrogens with one attached hydrogen (secondary N) is 1. The van der Waals surface area contributed by atoms with Gasteiger partial charge in [-0.05, 0) is 11.4 Å². The molecule has 2 aromatic rings. The van der Waals surface area contributed by atoms with Crippen molar-refractivity contribution in [3.63, 3.8) is 0 Å². The van der Waals surface area contributed by atoms with Crippen LogP contribution in [0.1, 0.15) is 4.88 Å². The third-order valence-electron chi connectivity index (χ3n) is 2.63. The molecule has 1 fully saturated rings. The Labute approximate surface area is 102 Å². The highest BCUT2D eigenvalue weighted by Gasteiger charge is 2.37. The predicted molar refractivity (Wildman–Crippen MR) is 66.5 cm³/mol. The molecular weight excluding hydrogens is 240 g/mol. The fourth-order valence-electron chi connectivity index (χ4n) is 1.92. The van der Waals surface area contributed by atoms with Crippen LogP contribution in [0.2, 0.25) is 0 Å². The molecule has 1 N–H and O–H groups in total. The van der Waals surface area contributed by atoms with E-state index >= 15 is 0 Å². The number of aromatic nitrogens is 3. The summed E-state index contributed by atoms with van der Waals surface area (Å²) in [7, 11) is 0. The Bertz CT molecular complexity index is 431. The fraction of sp³-hybridized carbons (Fsp3) is 0.400. The Morgan fingerprint density at radius 1 is 1.56 bits per heavy atom. The van der Waals surface area contributed by atoms with Gasteiger partial charge in [0.1, 0.15) is 17.5 Å². The molecule has 1 aliphatic rings. The van der Waals surface area contributed by atoms with Crippen LogP contribution in [0.25, 0.3) is 0 Å². The topological polar surface area (TPSA) is 42.7 Å². The highest BCUT2D eigenvalue weighted by atomic mass is 32.2. The van der Waals surface area contributed by atoms with Crippen molar-refractivity contribution in [2.24, 2.45) is 0 Å². The van der Waals surface area contributed by atoms with Gasteiger partial charge in [-0.1, -0.05) is 6.07 Å². The second-order valence-corrected chi connectivity index (χ2v) is 6.01. The second-order valence-electron chi connectivity index (χ2n) is 3.67. The molecule has 0 amide bonds. The molecule has 0 bridgehead atoms. The van der Waals surface area contributed by atoms with Crippen molar-refractivity contribution in [1.82, 2.24) is 20.1 Å². The van der Waals surface area contributed by atoms with Crippen molar-refractivity contribution >= 4 is 23.1 Å². The number of thiophene rings is 1. The first-order chi connectivity index (χ1) is 7.89. The minimum Gasteiger partial charge on any atom is -0.296 e. The first kappa shape index (κ1) is 10.3. The molecule has 0 spiro atoms. The zero-order chi connectivity index (χ0) is 10.8. The Morgan fingerprint density at radius 3 is 3.19 bits per heavy atom. The molecule has 1 atom stereocenters. The van der Waals surface area contributed by atoms with Crippen molar-refractivity contribution in [1.29, 1.82) is 0 Å². The van der Waals surface area contributed by atoms with E-state index in [1.807, 2.05) is 16.4 Å².